The van der Waals surface area contributed by atoms with E-state index in [0.29, 0.717) is 42.6 Å². The molecular weight excluding hydrogens is 1740 g/mol. The SMILES string of the molecule is CN1CCC[C@H]1CCn1cc(S(=O)(=O)c2ccc(OC(F)F)c(-c3nn(C)cc3NC(=O)c3cnn4cccnc34)c2)cn1.C[C@@H](Cn1cc(S(=O)(=O)c2ccc(OC(F)F)c(-c3nn(C)cc3NC(=O)c3cnn4cccnc34)c2)cn1)N(C)C.C[C@H](Cn1cc(S(=O)(=O)c2ccc(OC(F)F)c(-c3nn(C)cc3NC(=O)c3cnn4cccnc34)c2)cn1)N(C)C. The van der Waals surface area contributed by atoms with Crippen molar-refractivity contribution in [2.24, 2.45) is 21.1 Å². The lowest BCUT2D eigenvalue weighted by Crippen LogP contribution is -2.29. The van der Waals surface area contributed by atoms with Gasteiger partial charge in [-0.2, -0.15) is 72.2 Å². The number of hydrogen-bond donors (Lipinski definition) is 3. The Morgan fingerprint density at radius 3 is 1.07 bits per heavy atom. The van der Waals surface area contributed by atoms with Gasteiger partial charge < -0.3 is 44.9 Å². The van der Waals surface area contributed by atoms with Crippen molar-refractivity contribution >= 4 is 81.2 Å². The molecule has 0 saturated carbocycles. The zero-order valence-corrected chi connectivity index (χ0v) is 72.3. The van der Waals surface area contributed by atoms with Gasteiger partial charge in [0.2, 0.25) is 29.5 Å². The van der Waals surface area contributed by atoms with E-state index in [1.165, 1.54) is 166 Å². The normalized spacial score (nSPS) is 13.8. The lowest BCUT2D eigenvalue weighted by Gasteiger charge is -2.19. The van der Waals surface area contributed by atoms with Crippen molar-refractivity contribution in [1.29, 1.82) is 0 Å². The van der Waals surface area contributed by atoms with Gasteiger partial charge in [0, 0.05) is 137 Å². The molecule has 1 aliphatic rings. The second kappa shape index (κ2) is 37.6. The summed E-state index contributed by atoms with van der Waals surface area (Å²) < 4.78 is 189. The van der Waals surface area contributed by atoms with Crippen molar-refractivity contribution in [3.8, 4) is 51.0 Å². The Morgan fingerprint density at radius 1 is 0.445 bits per heavy atom. The smallest absolute Gasteiger partial charge is 0.387 e. The Labute approximate surface area is 725 Å². The molecule has 3 atom stereocenters. The van der Waals surface area contributed by atoms with Crippen LogP contribution in [-0.4, -0.2) is 240 Å². The third-order valence-corrected chi connectivity index (χ3v) is 25.9. The molecule has 0 radical (unpaired) electrons. The van der Waals surface area contributed by atoms with Crippen LogP contribution in [0, 0.1) is 0 Å². The molecule has 48 heteroatoms. The Kier molecular flexibility index (Phi) is 26.5. The molecule has 12 aromatic heterocycles. The Hall–Kier alpha value is -14.1. The van der Waals surface area contributed by atoms with Crippen molar-refractivity contribution < 1.29 is 80.2 Å². The first-order chi connectivity index (χ1) is 61.0. The number of likely N-dealkylation sites (N-methyl/N-ethyl adjacent to an activating group) is 2. The van der Waals surface area contributed by atoms with Gasteiger partial charge in [0.25, 0.3) is 17.7 Å². The summed E-state index contributed by atoms with van der Waals surface area (Å²) in [5, 5.41) is 46.0. The molecule has 3 N–H and O–H groups in total. The minimum Gasteiger partial charge on any atom is -0.434 e. The largest absolute Gasteiger partial charge is 0.434 e. The summed E-state index contributed by atoms with van der Waals surface area (Å²) in [7, 11) is 2.03. The fraction of sp³-hybridized carbons (Fsp3) is 0.287. The van der Waals surface area contributed by atoms with E-state index in [9.17, 15) is 66.0 Å². The number of nitrogens with one attached hydrogen (secondary N) is 3. The van der Waals surface area contributed by atoms with Crippen molar-refractivity contribution in [2.45, 2.75) is 120 Å². The summed E-state index contributed by atoms with van der Waals surface area (Å²) in [6.45, 7) is -3.16. The highest BCUT2D eigenvalue weighted by Crippen LogP contribution is 2.42. The highest BCUT2D eigenvalue weighted by molar-refractivity contribution is 7.92. The number of carbonyl (C=O) groups is 3. The summed E-state index contributed by atoms with van der Waals surface area (Å²) in [5.74, 6) is -2.72. The van der Waals surface area contributed by atoms with Crippen LogP contribution in [-0.2, 0) is 70.3 Å². The molecule has 13 heterocycles. The third kappa shape index (κ3) is 19.9. The molecule has 1 aliphatic heterocycles. The van der Waals surface area contributed by atoms with E-state index >= 15 is 0 Å². The van der Waals surface area contributed by atoms with E-state index in [2.05, 4.69) is 88.7 Å². The van der Waals surface area contributed by atoms with Crippen LogP contribution in [0.25, 0.3) is 50.7 Å². The standard InChI is InChI=1S/C28H29F2N9O4S.2C26H27F2N9O4S/c1-36-10-3-5-18(36)8-12-38-16-20(14-32-38)44(41,42)19-6-7-24(43-28(29)30)21(13-19)25-23(17-37(2)35-25)34-27(40)22-15-33-39-11-4-9-31-26(22)39;2*1-16(34(2)3)13-36-14-18(11-30-36)42(39,40)17-6-7-22(41-26(27)28)19(10-17)23-21(15-35(4)33-23)32-25(38)20-12-31-37-9-5-8-29-24(20)37/h4,6-7,9,11,13-18,28H,3,5,8,10,12H2,1-2H3,(H,34,40);2*5-12,14-16,26H,13H2,1-4H3,(H,32,38)/t18-;2*16-/m010/s1. The number of fused-ring (bicyclic) bond motifs is 3. The number of amides is 3. The quantitative estimate of drug-likeness (QED) is 0.0353. The van der Waals surface area contributed by atoms with E-state index in [1.54, 1.807) is 62.6 Å². The van der Waals surface area contributed by atoms with E-state index in [1.807, 2.05) is 51.8 Å². The van der Waals surface area contributed by atoms with Gasteiger partial charge in [-0.25, -0.2) is 53.8 Å². The molecule has 0 aliphatic carbocycles. The van der Waals surface area contributed by atoms with Crippen LogP contribution >= 0.6 is 0 Å². The van der Waals surface area contributed by atoms with Gasteiger partial charge in [0.15, 0.2) is 16.9 Å². The molecule has 0 unspecified atom stereocenters. The maximum atomic E-state index is 13.7. The average Bonchev–Trinajstić information content (AvgIpc) is 1.37. The predicted octanol–water partition coefficient (Wildman–Crippen LogP) is 9.42. The fourth-order valence-electron chi connectivity index (χ4n) is 13.7. The number of anilines is 3. The minimum absolute atomic E-state index is 0.0125. The van der Waals surface area contributed by atoms with Crippen molar-refractivity contribution in [3.05, 3.63) is 201 Å². The van der Waals surface area contributed by atoms with Crippen LogP contribution < -0.4 is 30.2 Å². The summed E-state index contributed by atoms with van der Waals surface area (Å²) in [6, 6.07) is 16.1. The summed E-state index contributed by atoms with van der Waals surface area (Å²) in [5.41, 5.74) is 1.61. The first kappa shape index (κ1) is 90.2. The number of aryl methyl sites for hydroxylation is 4. The van der Waals surface area contributed by atoms with Crippen LogP contribution in [0.3, 0.4) is 0 Å². The molecule has 16 rings (SSSR count). The third-order valence-electron chi connectivity index (χ3n) is 20.8. The topological polar surface area (TPSA) is 425 Å². The highest BCUT2D eigenvalue weighted by Gasteiger charge is 2.33. The van der Waals surface area contributed by atoms with Gasteiger partial charge in [0.05, 0.1) is 82.0 Å². The number of hydrogen-bond acceptors (Lipinski definition) is 27. The molecule has 128 heavy (non-hydrogen) atoms. The first-order valence-corrected chi connectivity index (χ1v) is 43.5. The lowest BCUT2D eigenvalue weighted by atomic mass is 10.1. The Morgan fingerprint density at radius 2 is 0.766 bits per heavy atom. The van der Waals surface area contributed by atoms with Gasteiger partial charge in [-0.05, 0) is 148 Å². The summed E-state index contributed by atoms with van der Waals surface area (Å²) in [4.78, 5) is 57.5. The first-order valence-electron chi connectivity index (χ1n) is 39.0. The molecule has 670 valence electrons. The number of alkyl halides is 6. The molecular formula is C80H83F6N27O12S3. The van der Waals surface area contributed by atoms with Crippen LogP contribution in [0.4, 0.5) is 43.4 Å². The predicted molar refractivity (Wildman–Crippen MR) is 448 cm³/mol. The maximum absolute atomic E-state index is 13.7. The van der Waals surface area contributed by atoms with Gasteiger partial charge in [-0.3, -0.25) is 42.5 Å². The van der Waals surface area contributed by atoms with Crippen molar-refractivity contribution in [1.82, 2.24) is 117 Å². The summed E-state index contributed by atoms with van der Waals surface area (Å²) in [6.07, 6.45) is 28.9. The molecule has 1 saturated heterocycles. The van der Waals surface area contributed by atoms with Crippen molar-refractivity contribution in [3.63, 3.8) is 0 Å². The fourth-order valence-corrected chi connectivity index (χ4v) is 17.4. The van der Waals surface area contributed by atoms with Gasteiger partial charge in [-0.1, -0.05) is 0 Å². The monoisotopic (exact) mass is 1820 g/mol. The molecule has 15 aromatic rings. The zero-order valence-electron chi connectivity index (χ0n) is 69.9. The minimum atomic E-state index is -4.12. The molecule has 3 amide bonds. The van der Waals surface area contributed by atoms with Crippen molar-refractivity contribution in [2.75, 3.05) is 57.7 Å². The van der Waals surface area contributed by atoms with Gasteiger partial charge >= 0.3 is 19.8 Å². The molecule has 0 spiro atoms. The number of rotatable bonds is 30. The van der Waals surface area contributed by atoms with Crippen LogP contribution in [0.1, 0.15) is 64.2 Å². The number of carbonyl (C=O) groups excluding carboxylic acids is 3. The van der Waals surface area contributed by atoms with Crippen LogP contribution in [0.15, 0.2) is 214 Å². The highest BCUT2D eigenvalue weighted by atomic mass is 32.2. The molecule has 1 fully saturated rings. The Bertz CT molecular complexity index is 6690. The number of aromatic nitrogens is 21. The number of halogens is 6. The molecule has 0 bridgehead atoms. The number of nitrogens with zero attached hydrogens (tertiary/aromatic N) is 24. The van der Waals surface area contributed by atoms with Crippen LogP contribution in [0.2, 0.25) is 0 Å². The number of sulfone groups is 3. The number of likely N-dealkylation sites (tertiary alicyclic amines) is 1. The van der Waals surface area contributed by atoms with Gasteiger partial charge in [-0.15, -0.1) is 0 Å². The zero-order chi connectivity index (χ0) is 91.4. The number of ether oxygens (including phenoxy) is 3. The van der Waals surface area contributed by atoms with E-state index in [4.69, 9.17) is 14.2 Å². The number of benzene rings is 3. The summed E-state index contributed by atoms with van der Waals surface area (Å²) >= 11 is 0. The van der Waals surface area contributed by atoms with Crippen LogP contribution in [0.5, 0.6) is 17.2 Å². The lowest BCUT2D eigenvalue weighted by molar-refractivity contribution is -0.0501. The Balaban J connectivity index is 0.000000155. The van der Waals surface area contributed by atoms with Gasteiger partial charge in [0.1, 0.15) is 65.7 Å². The molecule has 39 nitrogen and oxygen atoms in total. The second-order valence-electron chi connectivity index (χ2n) is 29.9. The van der Waals surface area contributed by atoms with E-state index in [-0.39, 0.29) is 126 Å². The maximum Gasteiger partial charge on any atom is 0.387 e. The average molecular weight is 1820 g/mol. The van der Waals surface area contributed by atoms with E-state index in [0.717, 1.165) is 44.0 Å². The van der Waals surface area contributed by atoms with E-state index < -0.39 is 67.1 Å². The molecule has 3 aromatic carbocycles. The second-order valence-corrected chi connectivity index (χ2v) is 35.8.